The van der Waals surface area contributed by atoms with Crippen molar-refractivity contribution in [3.63, 3.8) is 0 Å². The van der Waals surface area contributed by atoms with Crippen molar-refractivity contribution in [1.29, 1.82) is 0 Å². The maximum absolute atomic E-state index is 5.07. The fourth-order valence-electron chi connectivity index (χ4n) is 2.73. The molecule has 0 aromatic carbocycles. The second kappa shape index (κ2) is 8.27. The van der Waals surface area contributed by atoms with Crippen molar-refractivity contribution in [2.75, 3.05) is 32.2 Å². The number of hydrogen-bond acceptors (Lipinski definition) is 4. The maximum atomic E-state index is 5.07. The van der Waals surface area contributed by atoms with Crippen molar-refractivity contribution in [3.05, 3.63) is 11.3 Å². The van der Waals surface area contributed by atoms with Crippen molar-refractivity contribution < 1.29 is 4.74 Å². The van der Waals surface area contributed by atoms with Gasteiger partial charge in [-0.3, -0.25) is 4.68 Å². The molecule has 0 radical (unpaired) electrons. The normalized spacial score (nSPS) is 11.3. The van der Waals surface area contributed by atoms with E-state index in [1.165, 1.54) is 11.4 Å². The third-order valence-electron chi connectivity index (χ3n) is 3.92. The van der Waals surface area contributed by atoms with Crippen molar-refractivity contribution in [1.82, 2.24) is 15.1 Å². The van der Waals surface area contributed by atoms with Gasteiger partial charge in [-0.1, -0.05) is 13.8 Å². The Labute approximate surface area is 123 Å². The Morgan fingerprint density at radius 2 is 2.00 bits per heavy atom. The number of hydrogen-bond donors (Lipinski definition) is 1. The highest BCUT2D eigenvalue weighted by atomic mass is 16.5. The summed E-state index contributed by atoms with van der Waals surface area (Å²) in [4.78, 5) is 2.37. The standard InChI is InChI=1S/C15H30N4O/c1-7-13(8-2)18(4)15-14(11-16-9-10-20-6)12(3)17-19(15)5/h13,16H,7-11H2,1-6H3. The molecule has 0 unspecified atom stereocenters. The van der Waals surface area contributed by atoms with Crippen LogP contribution in [0.25, 0.3) is 0 Å². The number of nitrogens with one attached hydrogen (secondary N) is 1. The molecule has 0 bridgehead atoms. The number of nitrogens with zero attached hydrogens (tertiary/aromatic N) is 3. The van der Waals surface area contributed by atoms with E-state index >= 15 is 0 Å². The summed E-state index contributed by atoms with van der Waals surface area (Å²) in [7, 11) is 5.93. The Hall–Kier alpha value is -1.07. The monoisotopic (exact) mass is 282 g/mol. The average Bonchev–Trinajstić information content (AvgIpc) is 2.70. The predicted octanol–water partition coefficient (Wildman–Crippen LogP) is 2.09. The van der Waals surface area contributed by atoms with Gasteiger partial charge in [0.1, 0.15) is 5.82 Å². The number of anilines is 1. The number of methoxy groups -OCH3 is 1. The summed E-state index contributed by atoms with van der Waals surface area (Å²) in [6, 6.07) is 0.558. The van der Waals surface area contributed by atoms with E-state index in [9.17, 15) is 0 Å². The van der Waals surface area contributed by atoms with Gasteiger partial charge < -0.3 is 15.0 Å². The molecule has 20 heavy (non-hydrogen) atoms. The molecule has 5 nitrogen and oxygen atoms in total. The number of aryl methyl sites for hydroxylation is 2. The molecule has 1 heterocycles. The summed E-state index contributed by atoms with van der Waals surface area (Å²) in [6.07, 6.45) is 2.29. The minimum absolute atomic E-state index is 0.558. The van der Waals surface area contributed by atoms with E-state index < -0.39 is 0 Å². The van der Waals surface area contributed by atoms with Crippen LogP contribution in [-0.2, 0) is 18.3 Å². The highest BCUT2D eigenvalue weighted by Crippen LogP contribution is 2.25. The Morgan fingerprint density at radius 1 is 1.35 bits per heavy atom. The van der Waals surface area contributed by atoms with Gasteiger partial charge in [0, 0.05) is 45.9 Å². The number of ether oxygens (including phenoxy) is 1. The van der Waals surface area contributed by atoms with Gasteiger partial charge in [0.05, 0.1) is 12.3 Å². The summed E-state index contributed by atoms with van der Waals surface area (Å²) >= 11 is 0. The van der Waals surface area contributed by atoms with Crippen LogP contribution in [0.2, 0.25) is 0 Å². The van der Waals surface area contributed by atoms with E-state index in [4.69, 9.17) is 4.74 Å². The summed E-state index contributed by atoms with van der Waals surface area (Å²) in [5, 5.41) is 8.01. The van der Waals surface area contributed by atoms with Crippen LogP contribution in [0.4, 0.5) is 5.82 Å². The third kappa shape index (κ3) is 3.96. The topological polar surface area (TPSA) is 42.3 Å². The molecule has 116 valence electrons. The highest BCUT2D eigenvalue weighted by molar-refractivity contribution is 5.50. The minimum Gasteiger partial charge on any atom is -0.383 e. The van der Waals surface area contributed by atoms with E-state index in [-0.39, 0.29) is 0 Å². The first kappa shape index (κ1) is 17.0. The number of rotatable bonds is 9. The largest absolute Gasteiger partial charge is 0.383 e. The van der Waals surface area contributed by atoms with Crippen LogP contribution >= 0.6 is 0 Å². The van der Waals surface area contributed by atoms with E-state index in [0.29, 0.717) is 6.04 Å². The smallest absolute Gasteiger partial charge is 0.131 e. The van der Waals surface area contributed by atoms with Crippen LogP contribution in [0, 0.1) is 6.92 Å². The van der Waals surface area contributed by atoms with Gasteiger partial charge in [-0.05, 0) is 19.8 Å². The first-order chi connectivity index (χ1) is 9.56. The van der Waals surface area contributed by atoms with Gasteiger partial charge in [-0.25, -0.2) is 0 Å². The van der Waals surface area contributed by atoms with Crippen LogP contribution in [-0.4, -0.2) is 43.1 Å². The molecule has 0 fully saturated rings. The summed E-state index contributed by atoms with van der Waals surface area (Å²) in [5.74, 6) is 1.22. The second-order valence-corrected chi connectivity index (χ2v) is 5.26. The molecule has 0 atom stereocenters. The molecule has 0 amide bonds. The Kier molecular flexibility index (Phi) is 7.02. The van der Waals surface area contributed by atoms with Crippen molar-refractivity contribution in [2.45, 2.75) is 46.2 Å². The van der Waals surface area contributed by atoms with Gasteiger partial charge in [-0.2, -0.15) is 5.10 Å². The summed E-state index contributed by atoms with van der Waals surface area (Å²) in [5.41, 5.74) is 2.39. The van der Waals surface area contributed by atoms with Crippen LogP contribution < -0.4 is 10.2 Å². The van der Waals surface area contributed by atoms with Gasteiger partial charge in [0.2, 0.25) is 0 Å². The lowest BCUT2D eigenvalue weighted by Gasteiger charge is -2.29. The molecule has 1 aromatic heterocycles. The molecule has 5 heteroatoms. The van der Waals surface area contributed by atoms with Gasteiger partial charge >= 0.3 is 0 Å². The number of aromatic nitrogens is 2. The van der Waals surface area contributed by atoms with Crippen LogP contribution in [0.5, 0.6) is 0 Å². The molecule has 0 aliphatic rings. The highest BCUT2D eigenvalue weighted by Gasteiger charge is 2.20. The summed E-state index contributed by atoms with van der Waals surface area (Å²) < 4.78 is 7.07. The zero-order valence-corrected chi connectivity index (χ0v) is 13.9. The zero-order valence-electron chi connectivity index (χ0n) is 13.9. The minimum atomic E-state index is 0.558. The molecule has 0 aliphatic heterocycles. The zero-order chi connectivity index (χ0) is 15.1. The van der Waals surface area contributed by atoms with E-state index in [2.05, 4.69) is 43.1 Å². The van der Waals surface area contributed by atoms with Crippen LogP contribution in [0.1, 0.15) is 37.9 Å². The van der Waals surface area contributed by atoms with Crippen LogP contribution in [0.15, 0.2) is 0 Å². The van der Waals surface area contributed by atoms with Gasteiger partial charge in [0.15, 0.2) is 0 Å². The lowest BCUT2D eigenvalue weighted by atomic mass is 10.1. The van der Waals surface area contributed by atoms with Gasteiger partial charge in [0.25, 0.3) is 0 Å². The lowest BCUT2D eigenvalue weighted by Crippen LogP contribution is -2.33. The molecule has 0 aliphatic carbocycles. The van der Waals surface area contributed by atoms with Crippen molar-refractivity contribution in [3.8, 4) is 0 Å². The molecular weight excluding hydrogens is 252 g/mol. The van der Waals surface area contributed by atoms with Crippen molar-refractivity contribution in [2.24, 2.45) is 7.05 Å². The molecule has 1 N–H and O–H groups in total. The average molecular weight is 282 g/mol. The van der Waals surface area contributed by atoms with E-state index in [0.717, 1.165) is 38.2 Å². The molecule has 0 spiro atoms. The molecule has 0 saturated heterocycles. The maximum Gasteiger partial charge on any atom is 0.131 e. The second-order valence-electron chi connectivity index (χ2n) is 5.26. The molecule has 1 aromatic rings. The Balaban J connectivity index is 2.88. The van der Waals surface area contributed by atoms with Crippen LogP contribution in [0.3, 0.4) is 0 Å². The lowest BCUT2D eigenvalue weighted by molar-refractivity contribution is 0.199. The first-order valence-electron chi connectivity index (χ1n) is 7.51. The van der Waals surface area contributed by atoms with E-state index in [1.807, 2.05) is 11.7 Å². The summed E-state index contributed by atoms with van der Waals surface area (Å²) in [6.45, 7) is 8.99. The Morgan fingerprint density at radius 3 is 2.55 bits per heavy atom. The van der Waals surface area contributed by atoms with Gasteiger partial charge in [-0.15, -0.1) is 0 Å². The molecular formula is C15H30N4O. The SMILES string of the molecule is CCC(CC)N(C)c1c(CNCCOC)c(C)nn1C. The third-order valence-corrected chi connectivity index (χ3v) is 3.92. The molecule has 1 rings (SSSR count). The first-order valence-corrected chi connectivity index (χ1v) is 7.51. The predicted molar refractivity (Wildman–Crippen MR) is 84.3 cm³/mol. The molecule has 0 saturated carbocycles. The fourth-order valence-corrected chi connectivity index (χ4v) is 2.73. The van der Waals surface area contributed by atoms with Crippen molar-refractivity contribution >= 4 is 5.82 Å². The quantitative estimate of drug-likeness (QED) is 0.704. The van der Waals surface area contributed by atoms with E-state index in [1.54, 1.807) is 7.11 Å². The fraction of sp³-hybridized carbons (Fsp3) is 0.800. The Bertz CT molecular complexity index is 399.